The predicted octanol–water partition coefficient (Wildman–Crippen LogP) is 4.23. The van der Waals surface area contributed by atoms with Crippen LogP contribution in [0.5, 0.6) is 5.75 Å². The van der Waals surface area contributed by atoms with Crippen LogP contribution in [0.3, 0.4) is 0 Å². The molecule has 0 aliphatic carbocycles. The molecule has 2 nitrogen and oxygen atoms in total. The summed E-state index contributed by atoms with van der Waals surface area (Å²) in [5, 5.41) is 0. The molecule has 0 bridgehead atoms. The van der Waals surface area contributed by atoms with Crippen molar-refractivity contribution in [3.05, 3.63) is 63.9 Å². The quantitative estimate of drug-likeness (QED) is 0.809. The maximum atomic E-state index is 12.9. The second-order valence-electron chi connectivity index (χ2n) is 4.76. The molecular formula is C16H17BrFNO. The fourth-order valence-corrected chi connectivity index (χ4v) is 2.42. The monoisotopic (exact) mass is 337 g/mol. The number of ether oxygens (including phenoxy) is 1. The van der Waals surface area contributed by atoms with Gasteiger partial charge in [0.25, 0.3) is 0 Å². The fourth-order valence-electron chi connectivity index (χ4n) is 2.05. The summed E-state index contributed by atoms with van der Waals surface area (Å²) in [6.45, 7) is 1.55. The summed E-state index contributed by atoms with van der Waals surface area (Å²) in [4.78, 5) is 2.17. The summed E-state index contributed by atoms with van der Waals surface area (Å²) in [5.41, 5.74) is 2.25. The van der Waals surface area contributed by atoms with E-state index in [1.807, 2.05) is 37.4 Å². The van der Waals surface area contributed by atoms with Gasteiger partial charge in [-0.2, -0.15) is 0 Å². The summed E-state index contributed by atoms with van der Waals surface area (Å²) in [5.74, 6) is 0.644. The van der Waals surface area contributed by atoms with E-state index in [1.54, 1.807) is 7.11 Å². The molecule has 106 valence electrons. The molecule has 0 saturated carbocycles. The van der Waals surface area contributed by atoms with Gasteiger partial charge in [0.15, 0.2) is 0 Å². The van der Waals surface area contributed by atoms with Crippen LogP contribution >= 0.6 is 15.9 Å². The van der Waals surface area contributed by atoms with Crippen LogP contribution in [0.15, 0.2) is 46.9 Å². The molecule has 4 heteroatoms. The highest BCUT2D eigenvalue weighted by molar-refractivity contribution is 9.10. The molecule has 0 unspecified atom stereocenters. The normalized spacial score (nSPS) is 10.8. The maximum Gasteiger partial charge on any atom is 0.123 e. The molecule has 2 rings (SSSR count). The van der Waals surface area contributed by atoms with E-state index in [9.17, 15) is 4.39 Å². The molecule has 2 aromatic rings. The average molecular weight is 338 g/mol. The highest BCUT2D eigenvalue weighted by atomic mass is 79.9. The van der Waals surface area contributed by atoms with E-state index in [-0.39, 0.29) is 5.82 Å². The Labute approximate surface area is 127 Å². The van der Waals surface area contributed by atoms with Crippen molar-refractivity contribution in [2.45, 2.75) is 13.1 Å². The third kappa shape index (κ3) is 4.05. The van der Waals surface area contributed by atoms with Crippen molar-refractivity contribution in [3.8, 4) is 5.75 Å². The molecule has 0 amide bonds. The Morgan fingerprint density at radius 1 is 1.10 bits per heavy atom. The number of halogens is 2. The van der Waals surface area contributed by atoms with Crippen LogP contribution in [0.25, 0.3) is 0 Å². The lowest BCUT2D eigenvalue weighted by molar-refractivity contribution is 0.317. The number of rotatable bonds is 5. The van der Waals surface area contributed by atoms with Crippen molar-refractivity contribution in [2.75, 3.05) is 14.2 Å². The summed E-state index contributed by atoms with van der Waals surface area (Å²) in [6.07, 6.45) is 0. The van der Waals surface area contributed by atoms with Crippen molar-refractivity contribution in [2.24, 2.45) is 0 Å². The van der Waals surface area contributed by atoms with E-state index >= 15 is 0 Å². The zero-order valence-electron chi connectivity index (χ0n) is 11.6. The highest BCUT2D eigenvalue weighted by Gasteiger charge is 2.07. The van der Waals surface area contributed by atoms with E-state index < -0.39 is 0 Å². The van der Waals surface area contributed by atoms with Crippen LogP contribution in [0.4, 0.5) is 4.39 Å². The topological polar surface area (TPSA) is 12.5 Å². The zero-order chi connectivity index (χ0) is 14.5. The molecule has 0 N–H and O–H groups in total. The van der Waals surface area contributed by atoms with Gasteiger partial charge in [-0.1, -0.05) is 28.1 Å². The van der Waals surface area contributed by atoms with Gasteiger partial charge >= 0.3 is 0 Å². The van der Waals surface area contributed by atoms with Crippen molar-refractivity contribution in [3.63, 3.8) is 0 Å². The van der Waals surface area contributed by atoms with Crippen molar-refractivity contribution < 1.29 is 9.13 Å². The van der Waals surface area contributed by atoms with Gasteiger partial charge in [-0.05, 0) is 48.5 Å². The lowest BCUT2D eigenvalue weighted by Crippen LogP contribution is -2.17. The Morgan fingerprint density at radius 3 is 2.45 bits per heavy atom. The number of benzene rings is 2. The van der Waals surface area contributed by atoms with E-state index in [0.717, 1.165) is 34.4 Å². The average Bonchev–Trinajstić information content (AvgIpc) is 2.44. The van der Waals surface area contributed by atoms with Gasteiger partial charge in [0.05, 0.1) is 7.11 Å². The number of hydrogen-bond acceptors (Lipinski definition) is 2. The largest absolute Gasteiger partial charge is 0.497 e. The first-order valence-electron chi connectivity index (χ1n) is 6.34. The molecule has 2 aromatic carbocycles. The minimum absolute atomic E-state index is 0.202. The van der Waals surface area contributed by atoms with Crippen LogP contribution in [-0.4, -0.2) is 19.1 Å². The summed E-state index contributed by atoms with van der Waals surface area (Å²) < 4.78 is 19.2. The smallest absolute Gasteiger partial charge is 0.123 e. The zero-order valence-corrected chi connectivity index (χ0v) is 13.2. The van der Waals surface area contributed by atoms with Gasteiger partial charge in [-0.25, -0.2) is 4.39 Å². The van der Waals surface area contributed by atoms with Crippen LogP contribution in [0.2, 0.25) is 0 Å². The Bertz CT molecular complexity index is 571. The highest BCUT2D eigenvalue weighted by Crippen LogP contribution is 2.24. The molecule has 0 saturated heterocycles. The van der Waals surface area contributed by atoms with Crippen molar-refractivity contribution in [1.29, 1.82) is 0 Å². The Balaban J connectivity index is 2.04. The predicted molar refractivity (Wildman–Crippen MR) is 82.3 cm³/mol. The van der Waals surface area contributed by atoms with Crippen LogP contribution < -0.4 is 4.74 Å². The van der Waals surface area contributed by atoms with E-state index in [4.69, 9.17) is 4.74 Å². The maximum absolute atomic E-state index is 12.9. The molecular weight excluding hydrogens is 321 g/mol. The van der Waals surface area contributed by atoms with Gasteiger partial charge in [-0.15, -0.1) is 0 Å². The molecule has 0 radical (unpaired) electrons. The third-order valence-electron chi connectivity index (χ3n) is 3.06. The second-order valence-corrected chi connectivity index (χ2v) is 5.61. The molecule has 0 aliphatic rings. The van der Waals surface area contributed by atoms with Gasteiger partial charge in [0, 0.05) is 17.6 Å². The van der Waals surface area contributed by atoms with Crippen LogP contribution in [0, 0.1) is 5.82 Å². The minimum Gasteiger partial charge on any atom is -0.497 e. The SMILES string of the molecule is COc1ccc(Br)c(CN(C)Cc2ccc(F)cc2)c1. The third-order valence-corrected chi connectivity index (χ3v) is 3.83. The Kier molecular flexibility index (Phi) is 5.15. The molecule has 0 spiro atoms. The van der Waals surface area contributed by atoms with E-state index in [0.29, 0.717) is 0 Å². The van der Waals surface area contributed by atoms with Crippen LogP contribution in [-0.2, 0) is 13.1 Å². The summed E-state index contributed by atoms with van der Waals surface area (Å²) in [7, 11) is 3.70. The number of hydrogen-bond donors (Lipinski definition) is 0. The van der Waals surface area contributed by atoms with Crippen molar-refractivity contribution >= 4 is 15.9 Å². The lowest BCUT2D eigenvalue weighted by atomic mass is 10.1. The number of nitrogens with zero attached hydrogens (tertiary/aromatic N) is 1. The van der Waals surface area contributed by atoms with Crippen molar-refractivity contribution in [1.82, 2.24) is 4.90 Å². The minimum atomic E-state index is -0.202. The summed E-state index contributed by atoms with van der Waals surface area (Å²) in [6, 6.07) is 12.5. The molecule has 0 aliphatic heterocycles. The Hall–Kier alpha value is -1.39. The molecule has 0 heterocycles. The second kappa shape index (κ2) is 6.86. The molecule has 0 aromatic heterocycles. The van der Waals surface area contributed by atoms with Gasteiger partial charge in [-0.3, -0.25) is 4.90 Å². The number of methoxy groups -OCH3 is 1. The first kappa shape index (κ1) is 15.0. The lowest BCUT2D eigenvalue weighted by Gasteiger charge is -2.18. The fraction of sp³-hybridized carbons (Fsp3) is 0.250. The summed E-state index contributed by atoms with van der Waals surface area (Å²) >= 11 is 3.55. The molecule has 20 heavy (non-hydrogen) atoms. The standard InChI is InChI=1S/C16H17BrFNO/c1-19(10-12-3-5-14(18)6-4-12)11-13-9-15(20-2)7-8-16(13)17/h3-9H,10-11H2,1-2H3. The van der Waals surface area contributed by atoms with Gasteiger partial charge in [0.1, 0.15) is 11.6 Å². The van der Waals surface area contributed by atoms with E-state index in [1.165, 1.54) is 12.1 Å². The Morgan fingerprint density at radius 2 is 1.80 bits per heavy atom. The molecule has 0 fully saturated rings. The first-order valence-corrected chi connectivity index (χ1v) is 7.13. The first-order chi connectivity index (χ1) is 9.58. The van der Waals surface area contributed by atoms with Gasteiger partial charge in [0.2, 0.25) is 0 Å². The van der Waals surface area contributed by atoms with Gasteiger partial charge < -0.3 is 4.74 Å². The van der Waals surface area contributed by atoms with E-state index in [2.05, 4.69) is 20.8 Å². The molecule has 0 atom stereocenters. The van der Waals surface area contributed by atoms with Crippen LogP contribution in [0.1, 0.15) is 11.1 Å².